The van der Waals surface area contributed by atoms with Gasteiger partial charge in [0, 0.05) is 23.1 Å². The van der Waals surface area contributed by atoms with Gasteiger partial charge in [-0.3, -0.25) is 4.90 Å². The molecule has 0 saturated heterocycles. The minimum absolute atomic E-state index is 0.251. The highest BCUT2D eigenvalue weighted by atomic mass is 16.5. The van der Waals surface area contributed by atoms with Gasteiger partial charge in [-0.05, 0) is 60.8 Å². The SMILES string of the molecule is CCc1ccc2[nH]c3c(c2c1)CCN(C)C3c1cccc(OC)c1. The average Bonchev–Trinajstić information content (AvgIpc) is 2.99. The van der Waals surface area contributed by atoms with Crippen LogP contribution in [0.1, 0.15) is 35.3 Å². The second kappa shape index (κ2) is 5.99. The number of benzene rings is 2. The van der Waals surface area contributed by atoms with Gasteiger partial charge in [0.25, 0.3) is 0 Å². The zero-order valence-electron chi connectivity index (χ0n) is 14.6. The lowest BCUT2D eigenvalue weighted by Crippen LogP contribution is -2.32. The number of methoxy groups -OCH3 is 1. The third kappa shape index (κ3) is 2.40. The molecular weight excluding hydrogens is 296 g/mol. The van der Waals surface area contributed by atoms with Crippen LogP contribution in [0.4, 0.5) is 0 Å². The molecule has 1 atom stereocenters. The molecule has 3 heteroatoms. The molecule has 1 aromatic heterocycles. The van der Waals surface area contributed by atoms with Crippen molar-refractivity contribution in [2.75, 3.05) is 20.7 Å². The molecule has 3 nitrogen and oxygen atoms in total. The highest BCUT2D eigenvalue weighted by molar-refractivity contribution is 5.86. The monoisotopic (exact) mass is 320 g/mol. The number of aromatic amines is 1. The zero-order chi connectivity index (χ0) is 16.7. The minimum atomic E-state index is 0.251. The van der Waals surface area contributed by atoms with Gasteiger partial charge in [-0.1, -0.05) is 25.1 Å². The number of aryl methyl sites for hydroxylation is 1. The number of ether oxygens (including phenoxy) is 1. The summed E-state index contributed by atoms with van der Waals surface area (Å²) in [5.74, 6) is 0.914. The predicted molar refractivity (Wildman–Crippen MR) is 98.8 cm³/mol. The lowest BCUT2D eigenvalue weighted by atomic mass is 9.92. The van der Waals surface area contributed by atoms with E-state index in [4.69, 9.17) is 4.74 Å². The molecule has 24 heavy (non-hydrogen) atoms. The number of H-pyrrole nitrogens is 1. The Labute approximate surface area is 143 Å². The molecule has 1 aliphatic rings. The summed E-state index contributed by atoms with van der Waals surface area (Å²) in [5, 5.41) is 1.39. The van der Waals surface area contributed by atoms with Gasteiger partial charge in [-0.2, -0.15) is 0 Å². The molecule has 0 radical (unpaired) electrons. The molecule has 1 N–H and O–H groups in total. The molecule has 0 fully saturated rings. The van der Waals surface area contributed by atoms with Crippen LogP contribution in [0.25, 0.3) is 10.9 Å². The number of rotatable bonds is 3. The van der Waals surface area contributed by atoms with Crippen molar-refractivity contribution >= 4 is 10.9 Å². The summed E-state index contributed by atoms with van der Waals surface area (Å²) >= 11 is 0. The third-order valence-corrected chi connectivity index (χ3v) is 5.25. The molecule has 124 valence electrons. The highest BCUT2D eigenvalue weighted by Crippen LogP contribution is 2.38. The number of fused-ring (bicyclic) bond motifs is 3. The number of aromatic nitrogens is 1. The van der Waals surface area contributed by atoms with Gasteiger partial charge in [-0.15, -0.1) is 0 Å². The Morgan fingerprint density at radius 1 is 1.21 bits per heavy atom. The van der Waals surface area contributed by atoms with E-state index in [9.17, 15) is 0 Å². The molecule has 0 bridgehead atoms. The van der Waals surface area contributed by atoms with Gasteiger partial charge in [0.05, 0.1) is 13.2 Å². The summed E-state index contributed by atoms with van der Waals surface area (Å²) in [6.07, 6.45) is 2.18. The van der Waals surface area contributed by atoms with Gasteiger partial charge < -0.3 is 9.72 Å². The highest BCUT2D eigenvalue weighted by Gasteiger charge is 2.29. The van der Waals surface area contributed by atoms with Crippen molar-refractivity contribution in [1.29, 1.82) is 0 Å². The van der Waals surface area contributed by atoms with Crippen molar-refractivity contribution in [1.82, 2.24) is 9.88 Å². The Balaban J connectivity index is 1.88. The van der Waals surface area contributed by atoms with Gasteiger partial charge in [-0.25, -0.2) is 0 Å². The van der Waals surface area contributed by atoms with Crippen LogP contribution in [0.3, 0.4) is 0 Å². The number of hydrogen-bond donors (Lipinski definition) is 1. The van der Waals surface area contributed by atoms with E-state index in [0.29, 0.717) is 0 Å². The first-order chi connectivity index (χ1) is 11.7. The first-order valence-corrected chi connectivity index (χ1v) is 8.68. The van der Waals surface area contributed by atoms with Crippen LogP contribution < -0.4 is 4.74 Å². The van der Waals surface area contributed by atoms with E-state index in [2.05, 4.69) is 60.3 Å². The second-order valence-corrected chi connectivity index (χ2v) is 6.66. The molecule has 0 amide bonds. The van der Waals surface area contributed by atoms with Gasteiger partial charge >= 0.3 is 0 Å². The number of nitrogens with one attached hydrogen (secondary N) is 1. The van der Waals surface area contributed by atoms with Gasteiger partial charge in [0.2, 0.25) is 0 Å². The summed E-state index contributed by atoms with van der Waals surface area (Å²) in [6, 6.07) is 15.5. The van der Waals surface area contributed by atoms with Crippen LogP contribution in [0.5, 0.6) is 5.75 Å². The lowest BCUT2D eigenvalue weighted by Gasteiger charge is -2.33. The molecule has 2 heterocycles. The summed E-state index contributed by atoms with van der Waals surface area (Å²) in [6.45, 7) is 3.28. The van der Waals surface area contributed by atoms with Crippen molar-refractivity contribution in [3.05, 3.63) is 64.8 Å². The zero-order valence-corrected chi connectivity index (χ0v) is 14.6. The van der Waals surface area contributed by atoms with E-state index in [0.717, 1.165) is 25.1 Å². The third-order valence-electron chi connectivity index (χ3n) is 5.25. The first kappa shape index (κ1) is 15.3. The molecule has 2 aromatic carbocycles. The Bertz CT molecular complexity index is 881. The van der Waals surface area contributed by atoms with Crippen LogP contribution in [0.15, 0.2) is 42.5 Å². The van der Waals surface area contributed by atoms with Crippen LogP contribution >= 0.6 is 0 Å². The van der Waals surface area contributed by atoms with E-state index >= 15 is 0 Å². The summed E-state index contributed by atoms with van der Waals surface area (Å²) in [7, 11) is 3.93. The van der Waals surface area contributed by atoms with Crippen molar-refractivity contribution in [2.24, 2.45) is 0 Å². The maximum atomic E-state index is 5.43. The fraction of sp³-hybridized carbons (Fsp3) is 0.333. The molecule has 0 aliphatic carbocycles. The molecule has 3 aromatic rings. The first-order valence-electron chi connectivity index (χ1n) is 8.68. The minimum Gasteiger partial charge on any atom is -0.497 e. The molecule has 1 aliphatic heterocycles. The molecular formula is C21H24N2O. The Kier molecular flexibility index (Phi) is 3.81. The fourth-order valence-electron chi connectivity index (χ4n) is 3.91. The van der Waals surface area contributed by atoms with Crippen molar-refractivity contribution in [3.8, 4) is 5.75 Å². The Hall–Kier alpha value is -2.26. The maximum Gasteiger partial charge on any atom is 0.119 e. The van der Waals surface area contributed by atoms with Gasteiger partial charge in [0.15, 0.2) is 0 Å². The average molecular weight is 320 g/mol. The predicted octanol–water partition coefficient (Wildman–Crippen LogP) is 4.32. The molecule has 4 rings (SSSR count). The van der Waals surface area contributed by atoms with Crippen molar-refractivity contribution < 1.29 is 4.74 Å². The Morgan fingerprint density at radius 2 is 2.08 bits per heavy atom. The number of likely N-dealkylation sites (N-methyl/N-ethyl adjacent to an activating group) is 1. The van der Waals surface area contributed by atoms with E-state index < -0.39 is 0 Å². The Morgan fingerprint density at radius 3 is 2.88 bits per heavy atom. The second-order valence-electron chi connectivity index (χ2n) is 6.66. The summed E-state index contributed by atoms with van der Waals surface area (Å²) < 4.78 is 5.43. The van der Waals surface area contributed by atoms with E-state index in [1.54, 1.807) is 7.11 Å². The van der Waals surface area contributed by atoms with E-state index in [-0.39, 0.29) is 6.04 Å². The van der Waals surface area contributed by atoms with Crippen molar-refractivity contribution in [2.45, 2.75) is 25.8 Å². The van der Waals surface area contributed by atoms with Gasteiger partial charge in [0.1, 0.15) is 5.75 Å². The maximum absolute atomic E-state index is 5.43. The number of nitrogens with zero attached hydrogens (tertiary/aromatic N) is 1. The summed E-state index contributed by atoms with van der Waals surface area (Å²) in [5.41, 5.74) is 6.74. The van der Waals surface area contributed by atoms with Crippen LogP contribution in [-0.2, 0) is 12.8 Å². The quantitative estimate of drug-likeness (QED) is 0.778. The molecule has 1 unspecified atom stereocenters. The fourth-order valence-corrected chi connectivity index (χ4v) is 3.91. The summed E-state index contributed by atoms with van der Waals surface area (Å²) in [4.78, 5) is 6.13. The molecule has 0 saturated carbocycles. The van der Waals surface area contributed by atoms with Crippen LogP contribution in [0, 0.1) is 0 Å². The number of hydrogen-bond acceptors (Lipinski definition) is 2. The smallest absolute Gasteiger partial charge is 0.119 e. The topological polar surface area (TPSA) is 28.3 Å². The van der Waals surface area contributed by atoms with Crippen LogP contribution in [0.2, 0.25) is 0 Å². The largest absolute Gasteiger partial charge is 0.497 e. The van der Waals surface area contributed by atoms with Crippen LogP contribution in [-0.4, -0.2) is 30.6 Å². The lowest BCUT2D eigenvalue weighted by molar-refractivity contribution is 0.261. The van der Waals surface area contributed by atoms with E-state index in [1.165, 1.54) is 33.3 Å². The molecule has 0 spiro atoms. The van der Waals surface area contributed by atoms with Crippen molar-refractivity contribution in [3.63, 3.8) is 0 Å². The standard InChI is InChI=1S/C21H24N2O/c1-4-14-8-9-19-18(12-14)17-10-11-23(2)21(20(17)22-19)15-6-5-7-16(13-15)24-3/h5-9,12-13,21-22H,4,10-11H2,1-3H3. The normalized spacial score (nSPS) is 17.9. The van der Waals surface area contributed by atoms with E-state index in [1.807, 2.05) is 6.07 Å².